The molecule has 0 saturated carbocycles. The van der Waals surface area contributed by atoms with Crippen LogP contribution in [0.4, 0.5) is 4.39 Å². The van der Waals surface area contributed by atoms with Crippen LogP contribution in [-0.2, 0) is 0 Å². The molecule has 0 radical (unpaired) electrons. The molecule has 0 aliphatic carbocycles. The zero-order chi connectivity index (χ0) is 13.6. The lowest BCUT2D eigenvalue weighted by Crippen LogP contribution is -2.10. The number of para-hydroxylation sites is 1. The molecule has 98 valence electrons. The fraction of sp³-hybridized carbons (Fsp3) is 0.0769. The predicted molar refractivity (Wildman–Crippen MR) is 81.9 cm³/mol. The van der Waals surface area contributed by atoms with Gasteiger partial charge in [0.25, 0.3) is 0 Å². The van der Waals surface area contributed by atoms with Crippen molar-refractivity contribution in [2.45, 2.75) is 6.04 Å². The quantitative estimate of drug-likeness (QED) is 0.636. The van der Waals surface area contributed by atoms with Crippen molar-refractivity contribution in [1.82, 2.24) is 0 Å². The van der Waals surface area contributed by atoms with Gasteiger partial charge < -0.3 is 10.2 Å². The van der Waals surface area contributed by atoms with Crippen LogP contribution in [0.3, 0.4) is 0 Å². The molecule has 1 atom stereocenters. The van der Waals surface area contributed by atoms with Crippen molar-refractivity contribution in [3.8, 4) is 0 Å². The fourth-order valence-electron chi connectivity index (χ4n) is 1.92. The number of thiophene rings is 1. The third-order valence-corrected chi connectivity index (χ3v) is 5.23. The van der Waals surface area contributed by atoms with Gasteiger partial charge in [-0.3, -0.25) is 0 Å². The van der Waals surface area contributed by atoms with Gasteiger partial charge in [-0.2, -0.15) is 0 Å². The second-order valence-corrected chi connectivity index (χ2v) is 7.81. The minimum Gasteiger partial charge on any atom is -0.456 e. The minimum absolute atomic E-state index is 0.248. The number of rotatable bonds is 2. The molecule has 0 aliphatic rings. The van der Waals surface area contributed by atoms with E-state index >= 15 is 0 Å². The summed E-state index contributed by atoms with van der Waals surface area (Å²) in [6.07, 6.45) is 0. The average molecular weight is 405 g/mol. The average Bonchev–Trinajstić information content (AvgIpc) is 2.93. The monoisotopic (exact) mass is 403 g/mol. The van der Waals surface area contributed by atoms with Crippen molar-refractivity contribution in [2.75, 3.05) is 0 Å². The number of halogens is 3. The van der Waals surface area contributed by atoms with Gasteiger partial charge in [0.1, 0.15) is 5.76 Å². The summed E-state index contributed by atoms with van der Waals surface area (Å²) in [5.74, 6) is 0.174. The number of hydrogen-bond acceptors (Lipinski definition) is 3. The second-order valence-electron chi connectivity index (χ2n) is 4.06. The highest BCUT2D eigenvalue weighted by molar-refractivity contribution is 9.12. The van der Waals surface area contributed by atoms with Crippen LogP contribution >= 0.6 is 43.2 Å². The molecule has 0 saturated heterocycles. The van der Waals surface area contributed by atoms with Crippen molar-refractivity contribution in [1.29, 1.82) is 0 Å². The van der Waals surface area contributed by atoms with Gasteiger partial charge in [-0.15, -0.1) is 11.3 Å². The first-order valence-corrected chi connectivity index (χ1v) is 7.85. The molecule has 0 aliphatic heterocycles. The highest BCUT2D eigenvalue weighted by Crippen LogP contribution is 2.38. The Bertz CT molecular complexity index is 752. The van der Waals surface area contributed by atoms with E-state index in [4.69, 9.17) is 10.2 Å². The Labute approximate surface area is 129 Å². The lowest BCUT2D eigenvalue weighted by molar-refractivity contribution is 0.502. The largest absolute Gasteiger partial charge is 0.456 e. The van der Waals surface area contributed by atoms with E-state index in [9.17, 15) is 4.39 Å². The van der Waals surface area contributed by atoms with Gasteiger partial charge in [0, 0.05) is 10.9 Å². The number of furan rings is 1. The summed E-state index contributed by atoms with van der Waals surface area (Å²) in [5, 5.41) is 0.718. The van der Waals surface area contributed by atoms with Crippen LogP contribution in [0.5, 0.6) is 0 Å². The van der Waals surface area contributed by atoms with E-state index in [0.717, 1.165) is 18.5 Å². The summed E-state index contributed by atoms with van der Waals surface area (Å²) in [7, 11) is 0. The van der Waals surface area contributed by atoms with E-state index in [1.807, 2.05) is 6.07 Å². The first-order valence-electron chi connectivity index (χ1n) is 5.44. The maximum Gasteiger partial charge on any atom is 0.169 e. The fourth-order valence-corrected chi connectivity index (χ4v) is 4.85. The molecule has 2 heterocycles. The van der Waals surface area contributed by atoms with Gasteiger partial charge in [-0.1, -0.05) is 12.1 Å². The van der Waals surface area contributed by atoms with E-state index in [2.05, 4.69) is 31.9 Å². The maximum atomic E-state index is 13.6. The summed E-state index contributed by atoms with van der Waals surface area (Å²) in [6.45, 7) is 0. The Balaban J connectivity index is 2.09. The summed E-state index contributed by atoms with van der Waals surface area (Å²) in [4.78, 5) is 0. The molecule has 6 heteroatoms. The van der Waals surface area contributed by atoms with E-state index in [1.165, 1.54) is 17.4 Å². The summed E-state index contributed by atoms with van der Waals surface area (Å²) in [5.41, 5.74) is 7.35. The molecule has 0 fully saturated rings. The van der Waals surface area contributed by atoms with E-state index in [1.54, 1.807) is 18.2 Å². The van der Waals surface area contributed by atoms with Gasteiger partial charge in [-0.05, 0) is 50.1 Å². The van der Waals surface area contributed by atoms with Crippen molar-refractivity contribution >= 4 is 54.2 Å². The lowest BCUT2D eigenvalue weighted by atomic mass is 10.1. The molecule has 0 spiro atoms. The van der Waals surface area contributed by atoms with Gasteiger partial charge in [0.05, 0.1) is 13.6 Å². The minimum atomic E-state index is -0.427. The van der Waals surface area contributed by atoms with Crippen LogP contribution in [0.1, 0.15) is 17.4 Å². The van der Waals surface area contributed by atoms with Crippen LogP contribution in [0.15, 0.2) is 42.3 Å². The molecular formula is C13H8Br2FNOS. The van der Waals surface area contributed by atoms with Crippen molar-refractivity contribution in [3.63, 3.8) is 0 Å². The third kappa shape index (κ3) is 2.38. The molecule has 3 aromatic rings. The van der Waals surface area contributed by atoms with Crippen LogP contribution in [0.25, 0.3) is 11.0 Å². The van der Waals surface area contributed by atoms with Crippen molar-refractivity contribution in [2.24, 2.45) is 5.73 Å². The predicted octanol–water partition coefficient (Wildman–Crippen LogP) is 5.21. The molecule has 2 N–H and O–H groups in total. The third-order valence-electron chi connectivity index (χ3n) is 2.84. The Morgan fingerprint density at radius 2 is 2.05 bits per heavy atom. The number of benzene rings is 1. The van der Waals surface area contributed by atoms with Gasteiger partial charge >= 0.3 is 0 Å². The number of fused-ring (bicyclic) bond motifs is 1. The van der Waals surface area contributed by atoms with Crippen molar-refractivity contribution < 1.29 is 8.81 Å². The molecule has 2 nitrogen and oxygen atoms in total. The molecule has 0 amide bonds. The Morgan fingerprint density at radius 3 is 2.68 bits per heavy atom. The second kappa shape index (κ2) is 5.01. The Kier molecular flexibility index (Phi) is 3.51. The normalized spacial score (nSPS) is 13.1. The topological polar surface area (TPSA) is 39.2 Å². The highest BCUT2D eigenvalue weighted by Gasteiger charge is 2.19. The maximum absolute atomic E-state index is 13.6. The van der Waals surface area contributed by atoms with Crippen LogP contribution in [0, 0.1) is 5.82 Å². The van der Waals surface area contributed by atoms with E-state index in [0.29, 0.717) is 5.76 Å². The van der Waals surface area contributed by atoms with E-state index in [-0.39, 0.29) is 11.4 Å². The summed E-state index contributed by atoms with van der Waals surface area (Å²) < 4.78 is 21.1. The molecule has 1 unspecified atom stereocenters. The first-order chi connectivity index (χ1) is 9.06. The van der Waals surface area contributed by atoms with Gasteiger partial charge in [0.2, 0.25) is 0 Å². The summed E-state index contributed by atoms with van der Waals surface area (Å²) in [6, 6.07) is 8.11. The molecular weight excluding hydrogens is 397 g/mol. The lowest BCUT2D eigenvalue weighted by Gasteiger charge is -2.06. The smallest absolute Gasteiger partial charge is 0.169 e. The van der Waals surface area contributed by atoms with Crippen molar-refractivity contribution in [3.05, 3.63) is 55.0 Å². The highest BCUT2D eigenvalue weighted by atomic mass is 79.9. The Hall–Kier alpha value is -0.690. The first kappa shape index (κ1) is 13.3. The van der Waals surface area contributed by atoms with Crippen LogP contribution in [0.2, 0.25) is 0 Å². The zero-order valence-electron chi connectivity index (χ0n) is 9.49. The molecule has 1 aromatic carbocycles. The number of hydrogen-bond donors (Lipinski definition) is 1. The molecule has 19 heavy (non-hydrogen) atoms. The standard InChI is InChI=1S/C13H8Br2FNOS/c14-10-5-7(13(15)19-10)11(17)9-4-6-2-1-3-8(16)12(6)18-9/h1-5,11H,17H2. The zero-order valence-corrected chi connectivity index (χ0v) is 13.5. The van der Waals surface area contributed by atoms with Crippen LogP contribution < -0.4 is 5.73 Å². The molecule has 2 aromatic heterocycles. The van der Waals surface area contributed by atoms with E-state index < -0.39 is 6.04 Å². The van der Waals surface area contributed by atoms with Gasteiger partial charge in [-0.25, -0.2) is 4.39 Å². The summed E-state index contributed by atoms with van der Waals surface area (Å²) >= 11 is 8.42. The van der Waals surface area contributed by atoms with Crippen LogP contribution in [-0.4, -0.2) is 0 Å². The SMILES string of the molecule is NC(c1cc2cccc(F)c2o1)c1cc(Br)sc1Br. The van der Waals surface area contributed by atoms with Gasteiger partial charge in [0.15, 0.2) is 11.4 Å². The number of nitrogens with two attached hydrogens (primary N) is 1. The Morgan fingerprint density at radius 1 is 1.26 bits per heavy atom. The molecule has 0 bridgehead atoms. The molecule has 3 rings (SSSR count).